The van der Waals surface area contributed by atoms with Crippen LogP contribution in [0.5, 0.6) is 0 Å². The minimum absolute atomic E-state index is 0.234. The van der Waals surface area contributed by atoms with E-state index in [9.17, 15) is 9.59 Å². The second kappa shape index (κ2) is 8.68. The highest BCUT2D eigenvalue weighted by atomic mass is 16.5. The molecular formula is C25H24O6. The van der Waals surface area contributed by atoms with Gasteiger partial charge < -0.3 is 18.7 Å². The number of rotatable bonds is 8. The smallest absolute Gasteiger partial charge is 0.337 e. The number of furan rings is 2. The molecule has 2 heterocycles. The molecule has 0 spiro atoms. The lowest BCUT2D eigenvalue weighted by atomic mass is 10.1. The van der Waals surface area contributed by atoms with Crippen LogP contribution in [0.4, 0.5) is 0 Å². The van der Waals surface area contributed by atoms with Gasteiger partial charge >= 0.3 is 11.9 Å². The average molecular weight is 420 g/mol. The summed E-state index contributed by atoms with van der Waals surface area (Å²) in [5, 5.41) is 11.1. The van der Waals surface area contributed by atoms with Gasteiger partial charge in [-0.3, -0.25) is 0 Å². The number of fused-ring (bicyclic) bond motifs is 2. The fourth-order valence-corrected chi connectivity index (χ4v) is 3.86. The Kier molecular flexibility index (Phi) is 5.80. The zero-order valence-electron chi connectivity index (χ0n) is 17.6. The second-order valence-corrected chi connectivity index (χ2v) is 7.68. The van der Waals surface area contributed by atoms with E-state index in [0.29, 0.717) is 16.7 Å². The van der Waals surface area contributed by atoms with Gasteiger partial charge in [0.15, 0.2) is 0 Å². The molecular weight excluding hydrogens is 396 g/mol. The maximum atomic E-state index is 11.7. The molecule has 0 atom stereocenters. The third-order valence-corrected chi connectivity index (χ3v) is 5.60. The van der Waals surface area contributed by atoms with E-state index in [4.69, 9.17) is 18.7 Å². The Hall–Kier alpha value is -3.54. The standard InChI is InChI=1S/C25H24O6/c1-15-20-11-10-17(24(26)27)13-23(20)31-21(15)7-5-3-4-6-19-12-16-8-9-18(25(28)29-2)14-22(16)30-19/h8-14H,3-7H2,1-2H3,(H,26,27). The molecule has 2 aromatic carbocycles. The van der Waals surface area contributed by atoms with Crippen molar-refractivity contribution in [2.75, 3.05) is 7.11 Å². The van der Waals surface area contributed by atoms with Gasteiger partial charge in [-0.05, 0) is 61.7 Å². The molecule has 0 fully saturated rings. The van der Waals surface area contributed by atoms with Gasteiger partial charge in [0.1, 0.15) is 22.7 Å². The summed E-state index contributed by atoms with van der Waals surface area (Å²) in [5.74, 6) is 0.485. The number of ether oxygens (including phenoxy) is 1. The molecule has 0 bridgehead atoms. The number of benzene rings is 2. The average Bonchev–Trinajstić information content (AvgIpc) is 3.32. The first kappa shape index (κ1) is 20.7. The molecule has 0 aliphatic heterocycles. The predicted octanol–water partition coefficient (Wildman–Crippen LogP) is 5.93. The van der Waals surface area contributed by atoms with Crippen molar-refractivity contribution in [3.8, 4) is 0 Å². The van der Waals surface area contributed by atoms with Gasteiger partial charge in [0.25, 0.3) is 0 Å². The first-order chi connectivity index (χ1) is 15.0. The van der Waals surface area contributed by atoms with Crippen molar-refractivity contribution in [1.29, 1.82) is 0 Å². The van der Waals surface area contributed by atoms with Crippen molar-refractivity contribution in [3.05, 3.63) is 70.7 Å². The number of esters is 1. The van der Waals surface area contributed by atoms with Gasteiger partial charge in [0.2, 0.25) is 0 Å². The third kappa shape index (κ3) is 4.33. The van der Waals surface area contributed by atoms with Crippen LogP contribution < -0.4 is 0 Å². The molecule has 0 aliphatic carbocycles. The van der Waals surface area contributed by atoms with Crippen LogP contribution >= 0.6 is 0 Å². The molecule has 1 N–H and O–H groups in total. The van der Waals surface area contributed by atoms with E-state index < -0.39 is 5.97 Å². The molecule has 0 amide bonds. The Bertz CT molecular complexity index is 1260. The fourth-order valence-electron chi connectivity index (χ4n) is 3.86. The Morgan fingerprint density at radius 2 is 1.65 bits per heavy atom. The van der Waals surface area contributed by atoms with Gasteiger partial charge in [0, 0.05) is 23.6 Å². The highest BCUT2D eigenvalue weighted by Crippen LogP contribution is 2.28. The molecule has 0 aliphatic rings. The van der Waals surface area contributed by atoms with Crippen LogP contribution in [-0.4, -0.2) is 24.2 Å². The molecule has 4 rings (SSSR count). The van der Waals surface area contributed by atoms with Gasteiger partial charge in [-0.15, -0.1) is 0 Å². The van der Waals surface area contributed by atoms with Crippen LogP contribution in [0.1, 0.15) is 57.1 Å². The van der Waals surface area contributed by atoms with E-state index in [1.54, 1.807) is 24.3 Å². The second-order valence-electron chi connectivity index (χ2n) is 7.68. The quantitative estimate of drug-likeness (QED) is 0.281. The third-order valence-electron chi connectivity index (χ3n) is 5.60. The van der Waals surface area contributed by atoms with E-state index in [1.165, 1.54) is 7.11 Å². The number of carboxylic acid groups (broad SMARTS) is 1. The van der Waals surface area contributed by atoms with Crippen molar-refractivity contribution >= 4 is 33.9 Å². The number of carboxylic acids is 1. The molecule has 6 nitrogen and oxygen atoms in total. The van der Waals surface area contributed by atoms with Crippen LogP contribution in [0.2, 0.25) is 0 Å². The molecule has 0 unspecified atom stereocenters. The summed E-state index contributed by atoms with van der Waals surface area (Å²) >= 11 is 0. The predicted molar refractivity (Wildman–Crippen MR) is 117 cm³/mol. The summed E-state index contributed by atoms with van der Waals surface area (Å²) < 4.78 is 16.5. The number of carbonyl (C=O) groups is 2. The SMILES string of the molecule is COC(=O)c1ccc2cc(CCCCCc3oc4cc(C(=O)O)ccc4c3C)oc2c1. The number of unbranched alkanes of at least 4 members (excludes halogenated alkanes) is 2. The monoisotopic (exact) mass is 420 g/mol. The first-order valence-corrected chi connectivity index (χ1v) is 10.3. The molecule has 31 heavy (non-hydrogen) atoms. The number of aryl methyl sites for hydroxylation is 3. The maximum absolute atomic E-state index is 11.7. The number of hydrogen-bond donors (Lipinski definition) is 1. The maximum Gasteiger partial charge on any atom is 0.337 e. The number of carbonyl (C=O) groups excluding carboxylic acids is 1. The van der Waals surface area contributed by atoms with E-state index in [2.05, 4.69) is 0 Å². The van der Waals surface area contributed by atoms with E-state index in [-0.39, 0.29) is 11.5 Å². The Labute approximate surface area is 179 Å². The zero-order valence-corrected chi connectivity index (χ0v) is 17.6. The lowest BCUT2D eigenvalue weighted by Gasteiger charge is -2.00. The van der Waals surface area contributed by atoms with Crippen molar-refractivity contribution in [3.63, 3.8) is 0 Å². The van der Waals surface area contributed by atoms with Gasteiger partial charge in [-0.25, -0.2) is 9.59 Å². The molecule has 0 saturated heterocycles. The normalized spacial score (nSPS) is 11.3. The summed E-state index contributed by atoms with van der Waals surface area (Å²) in [6, 6.07) is 12.3. The largest absolute Gasteiger partial charge is 0.478 e. The van der Waals surface area contributed by atoms with Crippen LogP contribution in [0, 0.1) is 6.92 Å². The van der Waals surface area contributed by atoms with E-state index >= 15 is 0 Å². The molecule has 0 radical (unpaired) electrons. The van der Waals surface area contributed by atoms with E-state index in [1.807, 2.05) is 25.1 Å². The van der Waals surface area contributed by atoms with Crippen LogP contribution in [0.15, 0.2) is 51.3 Å². The van der Waals surface area contributed by atoms with Crippen molar-refractivity contribution < 1.29 is 28.3 Å². The lowest BCUT2D eigenvalue weighted by molar-refractivity contribution is 0.0600. The topological polar surface area (TPSA) is 89.9 Å². The first-order valence-electron chi connectivity index (χ1n) is 10.3. The van der Waals surface area contributed by atoms with Crippen LogP contribution in [0.3, 0.4) is 0 Å². The zero-order chi connectivity index (χ0) is 22.0. The summed E-state index contributed by atoms with van der Waals surface area (Å²) in [4.78, 5) is 22.8. The molecule has 160 valence electrons. The summed E-state index contributed by atoms with van der Waals surface area (Å²) in [7, 11) is 1.36. The fraction of sp³-hybridized carbons (Fsp3) is 0.280. The summed E-state index contributed by atoms with van der Waals surface area (Å²) in [6.45, 7) is 2.01. The van der Waals surface area contributed by atoms with Crippen LogP contribution in [0.25, 0.3) is 21.9 Å². The van der Waals surface area contributed by atoms with Crippen LogP contribution in [-0.2, 0) is 17.6 Å². The summed E-state index contributed by atoms with van der Waals surface area (Å²) in [5.41, 5.74) is 3.10. The van der Waals surface area contributed by atoms with Gasteiger partial charge in [-0.2, -0.15) is 0 Å². The lowest BCUT2D eigenvalue weighted by Crippen LogP contribution is -1.99. The number of hydrogen-bond acceptors (Lipinski definition) is 5. The summed E-state index contributed by atoms with van der Waals surface area (Å²) in [6.07, 6.45) is 4.60. The van der Waals surface area contributed by atoms with E-state index in [0.717, 1.165) is 60.0 Å². The number of methoxy groups -OCH3 is 1. The molecule has 2 aromatic heterocycles. The molecule has 4 aromatic rings. The van der Waals surface area contributed by atoms with Gasteiger partial charge in [0.05, 0.1) is 18.2 Å². The Morgan fingerprint density at radius 3 is 2.42 bits per heavy atom. The number of aromatic carboxylic acids is 1. The molecule has 0 saturated carbocycles. The highest BCUT2D eigenvalue weighted by Gasteiger charge is 2.13. The van der Waals surface area contributed by atoms with Crippen molar-refractivity contribution in [2.45, 2.75) is 39.0 Å². The Morgan fingerprint density at radius 1 is 0.903 bits per heavy atom. The Balaban J connectivity index is 1.32. The van der Waals surface area contributed by atoms with Crippen molar-refractivity contribution in [1.82, 2.24) is 0 Å². The van der Waals surface area contributed by atoms with Crippen molar-refractivity contribution in [2.24, 2.45) is 0 Å². The minimum Gasteiger partial charge on any atom is -0.478 e. The highest BCUT2D eigenvalue weighted by molar-refractivity contribution is 5.94. The molecule has 6 heteroatoms. The van der Waals surface area contributed by atoms with Gasteiger partial charge in [-0.1, -0.05) is 12.5 Å². The minimum atomic E-state index is -0.954.